The molecule has 0 radical (unpaired) electrons. The Morgan fingerprint density at radius 2 is 1.26 bits per heavy atom. The van der Waals surface area contributed by atoms with Gasteiger partial charge in [-0.3, -0.25) is 4.79 Å². The number of nitrogens with zero attached hydrogens (tertiary/aromatic N) is 1. The summed E-state index contributed by atoms with van der Waals surface area (Å²) in [4.78, 5) is 16.3. The minimum absolute atomic E-state index is 0.00220. The lowest BCUT2D eigenvalue weighted by molar-refractivity contribution is -0.131. The van der Waals surface area contributed by atoms with E-state index in [-0.39, 0.29) is 33.4 Å². The van der Waals surface area contributed by atoms with Crippen molar-refractivity contribution in [3.8, 4) is 5.75 Å². The molecule has 1 fully saturated rings. The van der Waals surface area contributed by atoms with Crippen molar-refractivity contribution in [2.75, 3.05) is 0 Å². The molecule has 3 aromatic carbocycles. The normalized spacial score (nSPS) is 19.0. The van der Waals surface area contributed by atoms with Gasteiger partial charge in [0.05, 0.1) is 11.4 Å². The molecule has 4 rings (SSSR count). The third-order valence-electron chi connectivity index (χ3n) is 6.71. The van der Waals surface area contributed by atoms with Crippen molar-refractivity contribution in [1.29, 1.82) is 0 Å². The summed E-state index contributed by atoms with van der Waals surface area (Å²) in [6.45, 7) is 15.0. The van der Waals surface area contributed by atoms with E-state index in [0.29, 0.717) is 5.75 Å². The largest absolute Gasteiger partial charge is 0.508 e. The van der Waals surface area contributed by atoms with Gasteiger partial charge in [-0.2, -0.15) is 0 Å². The van der Waals surface area contributed by atoms with Crippen LogP contribution in [-0.2, 0) is 15.6 Å². The molecule has 1 aliphatic heterocycles. The smallest absolute Gasteiger partial charge is 0.241 e. The van der Waals surface area contributed by atoms with Crippen LogP contribution in [0.2, 0.25) is 0 Å². The summed E-state index contributed by atoms with van der Waals surface area (Å²) in [6, 6.07) is 24.2. The molecule has 3 nitrogen and oxygen atoms in total. The molecule has 1 heterocycles. The van der Waals surface area contributed by atoms with E-state index in [1.807, 2.05) is 42.5 Å². The maximum Gasteiger partial charge on any atom is 0.241 e. The van der Waals surface area contributed by atoms with Gasteiger partial charge in [0.15, 0.2) is 0 Å². The maximum atomic E-state index is 14.3. The van der Waals surface area contributed by atoms with Gasteiger partial charge in [0.2, 0.25) is 5.91 Å². The van der Waals surface area contributed by atoms with E-state index in [9.17, 15) is 9.90 Å². The summed E-state index contributed by atoms with van der Waals surface area (Å²) in [5.41, 5.74) is 4.77. The van der Waals surface area contributed by atoms with Gasteiger partial charge in [-0.15, -0.1) is 11.8 Å². The molecule has 1 aliphatic rings. The topological polar surface area (TPSA) is 40.5 Å². The number of carbonyl (C=O) groups is 1. The Kier molecular flexibility index (Phi) is 6.80. The number of aromatic hydroxyl groups is 1. The molecule has 2 atom stereocenters. The highest BCUT2D eigenvalue weighted by atomic mass is 32.2. The Balaban J connectivity index is 1.86. The van der Waals surface area contributed by atoms with E-state index in [2.05, 4.69) is 77.6 Å². The van der Waals surface area contributed by atoms with Gasteiger partial charge in [0.25, 0.3) is 0 Å². The molecule has 1 saturated heterocycles. The van der Waals surface area contributed by atoms with Crippen LogP contribution in [0.25, 0.3) is 0 Å². The first-order valence-electron chi connectivity index (χ1n) is 12.4. The summed E-state index contributed by atoms with van der Waals surface area (Å²) in [5, 5.41) is 10.6. The number of hydrogen-bond acceptors (Lipinski definition) is 3. The third kappa shape index (κ3) is 4.86. The first-order valence-corrected chi connectivity index (χ1v) is 13.3. The molecule has 1 N–H and O–H groups in total. The van der Waals surface area contributed by atoms with Gasteiger partial charge in [0.1, 0.15) is 11.0 Å². The van der Waals surface area contributed by atoms with Crippen molar-refractivity contribution in [1.82, 2.24) is 4.90 Å². The third-order valence-corrected chi connectivity index (χ3v) is 8.06. The second-order valence-electron chi connectivity index (χ2n) is 11.5. The molecule has 35 heavy (non-hydrogen) atoms. The Morgan fingerprint density at radius 1 is 0.771 bits per heavy atom. The fraction of sp³-hybridized carbons (Fsp3) is 0.387. The van der Waals surface area contributed by atoms with Gasteiger partial charge in [0, 0.05) is 5.56 Å². The highest BCUT2D eigenvalue weighted by molar-refractivity contribution is 8.01. The highest BCUT2D eigenvalue weighted by Gasteiger charge is 2.45. The van der Waals surface area contributed by atoms with E-state index < -0.39 is 0 Å². The van der Waals surface area contributed by atoms with Crippen LogP contribution in [0.15, 0.2) is 72.8 Å². The number of hydrogen-bond donors (Lipinski definition) is 1. The Morgan fingerprint density at radius 3 is 1.71 bits per heavy atom. The number of carbonyl (C=O) groups excluding carboxylic acids is 1. The molecule has 3 aromatic rings. The number of phenolic OH excluding ortho intramolecular Hbond substituents is 1. The van der Waals surface area contributed by atoms with Crippen LogP contribution >= 0.6 is 11.8 Å². The van der Waals surface area contributed by atoms with Crippen molar-refractivity contribution >= 4 is 17.7 Å². The maximum absolute atomic E-state index is 14.3. The van der Waals surface area contributed by atoms with Crippen molar-refractivity contribution in [2.24, 2.45) is 0 Å². The molecule has 1 amide bonds. The fourth-order valence-electron chi connectivity index (χ4n) is 5.36. The first kappa shape index (κ1) is 25.4. The second kappa shape index (κ2) is 9.39. The minimum Gasteiger partial charge on any atom is -0.508 e. The van der Waals surface area contributed by atoms with Crippen LogP contribution in [-0.4, -0.2) is 21.3 Å². The molecule has 0 aliphatic carbocycles. The van der Waals surface area contributed by atoms with Crippen molar-refractivity contribution in [3.63, 3.8) is 0 Å². The second-order valence-corrected chi connectivity index (χ2v) is 12.9. The van der Waals surface area contributed by atoms with E-state index in [1.165, 1.54) is 0 Å². The van der Waals surface area contributed by atoms with E-state index in [4.69, 9.17) is 0 Å². The summed E-state index contributed by atoms with van der Waals surface area (Å²) in [6.07, 6.45) is 0. The molecular formula is C31H37NO2S. The standard InChI is InChI=1S/C31H37NO2S/c1-20-32(27(21-14-10-8-11-15-21)22-16-12-9-13-17-22)29(34)28(35-20)23-18-19-24(33)26(31(5,6)7)25(23)30(2,3)4/h8-20,27-28,33H,1-7H3. The average molecular weight is 488 g/mol. The molecule has 4 heteroatoms. The van der Waals surface area contributed by atoms with Gasteiger partial charge in [-0.05, 0) is 46.1 Å². The zero-order valence-corrected chi connectivity index (χ0v) is 22.7. The van der Waals surface area contributed by atoms with Gasteiger partial charge in [-0.1, -0.05) is 108 Å². The summed E-state index contributed by atoms with van der Waals surface area (Å²) in [7, 11) is 0. The number of benzene rings is 3. The lowest BCUT2D eigenvalue weighted by Crippen LogP contribution is -2.36. The zero-order chi connectivity index (χ0) is 25.5. The van der Waals surface area contributed by atoms with Crippen LogP contribution in [0.3, 0.4) is 0 Å². The first-order chi connectivity index (χ1) is 16.4. The number of rotatable bonds is 4. The Bertz CT molecular complexity index is 1150. The number of thioether (sulfide) groups is 1. The minimum atomic E-state index is -0.323. The van der Waals surface area contributed by atoms with Gasteiger partial charge >= 0.3 is 0 Å². The number of phenols is 1. The zero-order valence-electron chi connectivity index (χ0n) is 21.9. The fourth-order valence-corrected chi connectivity index (χ4v) is 6.69. The van der Waals surface area contributed by atoms with E-state index in [0.717, 1.165) is 27.8 Å². The van der Waals surface area contributed by atoms with Gasteiger partial charge < -0.3 is 10.0 Å². The predicted octanol–water partition coefficient (Wildman–Crippen LogP) is 7.74. The summed E-state index contributed by atoms with van der Waals surface area (Å²) >= 11 is 1.70. The number of amides is 1. The highest BCUT2D eigenvalue weighted by Crippen LogP contribution is 2.52. The predicted molar refractivity (Wildman–Crippen MR) is 147 cm³/mol. The quantitative estimate of drug-likeness (QED) is 0.409. The van der Waals surface area contributed by atoms with Crippen LogP contribution in [0.5, 0.6) is 5.75 Å². The van der Waals surface area contributed by atoms with Crippen LogP contribution in [0, 0.1) is 0 Å². The lowest BCUT2D eigenvalue weighted by atomic mass is 9.72. The monoisotopic (exact) mass is 487 g/mol. The van der Waals surface area contributed by atoms with Crippen LogP contribution in [0.1, 0.15) is 87.6 Å². The van der Waals surface area contributed by atoms with Crippen molar-refractivity contribution < 1.29 is 9.90 Å². The summed E-state index contributed by atoms with van der Waals surface area (Å²) in [5.74, 6) is 0.425. The molecule has 184 valence electrons. The molecular weight excluding hydrogens is 450 g/mol. The SMILES string of the molecule is CC1SC(c2ccc(O)c(C(C)(C)C)c2C(C)(C)C)C(=O)N1C(c1ccccc1)c1ccccc1. The van der Waals surface area contributed by atoms with Crippen LogP contribution in [0.4, 0.5) is 0 Å². The molecule has 0 bridgehead atoms. The molecule has 0 saturated carbocycles. The van der Waals surface area contributed by atoms with Crippen molar-refractivity contribution in [3.05, 3.63) is 101 Å². The average Bonchev–Trinajstić information content (AvgIpc) is 3.08. The van der Waals surface area contributed by atoms with E-state index >= 15 is 0 Å². The summed E-state index contributed by atoms with van der Waals surface area (Å²) < 4.78 is 0. The molecule has 0 spiro atoms. The van der Waals surface area contributed by atoms with E-state index in [1.54, 1.807) is 17.8 Å². The Hall–Kier alpha value is -2.72. The van der Waals surface area contributed by atoms with Crippen LogP contribution < -0.4 is 0 Å². The molecule has 0 aromatic heterocycles. The Labute approximate surface area is 214 Å². The lowest BCUT2D eigenvalue weighted by Gasteiger charge is -2.34. The van der Waals surface area contributed by atoms with Gasteiger partial charge in [-0.25, -0.2) is 0 Å². The molecule has 2 unspecified atom stereocenters. The van der Waals surface area contributed by atoms with Crippen molar-refractivity contribution in [2.45, 2.75) is 76.0 Å².